The summed E-state index contributed by atoms with van der Waals surface area (Å²) >= 11 is 0. The van der Waals surface area contributed by atoms with Crippen LogP contribution in [0.3, 0.4) is 0 Å². The zero-order valence-corrected chi connectivity index (χ0v) is 15.7. The number of sulfonamides is 1. The average Bonchev–Trinajstić information content (AvgIpc) is 2.92. The highest BCUT2D eigenvalue weighted by Crippen LogP contribution is 2.25. The first kappa shape index (κ1) is 18.5. The molecule has 5 nitrogen and oxygen atoms in total. The molecular weight excluding hydrogens is 355 g/mol. The molecule has 0 radical (unpaired) electrons. The molecule has 3 rings (SSSR count). The largest absolute Gasteiger partial charge is 0.311 e. The molecule has 1 aliphatic rings. The summed E-state index contributed by atoms with van der Waals surface area (Å²) in [4.78, 5) is 14.3. The van der Waals surface area contributed by atoms with E-state index in [9.17, 15) is 17.6 Å². The Labute approximate surface area is 152 Å². The monoisotopic (exact) mass is 376 g/mol. The van der Waals surface area contributed by atoms with Gasteiger partial charge in [-0.3, -0.25) is 4.79 Å². The summed E-state index contributed by atoms with van der Waals surface area (Å²) in [5, 5.41) is 0. The molecule has 1 fully saturated rings. The first-order valence-corrected chi connectivity index (χ1v) is 9.84. The van der Waals surface area contributed by atoms with Crippen molar-refractivity contribution in [3.63, 3.8) is 0 Å². The maximum atomic E-state index is 13.4. The van der Waals surface area contributed by atoms with E-state index < -0.39 is 16.1 Å². The summed E-state index contributed by atoms with van der Waals surface area (Å²) in [5.41, 5.74) is 2.47. The van der Waals surface area contributed by atoms with Gasteiger partial charge in [0.25, 0.3) is 0 Å². The summed E-state index contributed by atoms with van der Waals surface area (Å²) < 4.78 is 41.4. The van der Waals surface area contributed by atoms with Gasteiger partial charge < -0.3 is 4.90 Å². The zero-order chi connectivity index (χ0) is 19.1. The van der Waals surface area contributed by atoms with Gasteiger partial charge in [0, 0.05) is 12.2 Å². The number of nitrogens with zero attached hydrogens (tertiary/aromatic N) is 1. The number of hydrogen-bond donors (Lipinski definition) is 1. The fourth-order valence-corrected chi connectivity index (χ4v) is 4.64. The Kier molecular flexibility index (Phi) is 4.86. The third kappa shape index (κ3) is 3.50. The molecule has 7 heteroatoms. The van der Waals surface area contributed by atoms with Crippen LogP contribution in [0.5, 0.6) is 0 Å². The minimum absolute atomic E-state index is 0.182. The highest BCUT2D eigenvalue weighted by Gasteiger charge is 2.36. The van der Waals surface area contributed by atoms with Crippen LogP contribution in [0.25, 0.3) is 0 Å². The van der Waals surface area contributed by atoms with E-state index in [0.717, 1.165) is 5.56 Å². The molecular formula is C19H21FN2O3S. The molecule has 1 unspecified atom stereocenters. The van der Waals surface area contributed by atoms with E-state index in [2.05, 4.69) is 4.72 Å². The molecule has 1 atom stereocenters. The van der Waals surface area contributed by atoms with Gasteiger partial charge in [0.2, 0.25) is 15.9 Å². The lowest BCUT2D eigenvalue weighted by molar-refractivity contribution is -0.118. The number of benzene rings is 2. The van der Waals surface area contributed by atoms with Gasteiger partial charge in [-0.25, -0.2) is 12.8 Å². The standard InChI is InChI=1S/C19H21FN2O3S/c1-12-4-5-13(2)18(10-12)26(24,25)21-17-8-9-22(19(17)23)15-6-7-16(20)14(3)11-15/h4-7,10-11,17,21H,8-9H2,1-3H3. The number of anilines is 1. The predicted octanol–water partition coefficient (Wildman–Crippen LogP) is 2.83. The first-order chi connectivity index (χ1) is 12.2. The average molecular weight is 376 g/mol. The Morgan fingerprint density at radius 2 is 1.81 bits per heavy atom. The fraction of sp³-hybridized carbons (Fsp3) is 0.316. The molecule has 1 N–H and O–H groups in total. The van der Waals surface area contributed by atoms with Gasteiger partial charge in [0.15, 0.2) is 0 Å². The second-order valence-electron chi connectivity index (χ2n) is 6.65. The predicted molar refractivity (Wildman–Crippen MR) is 98.1 cm³/mol. The van der Waals surface area contributed by atoms with E-state index in [1.807, 2.05) is 13.0 Å². The smallest absolute Gasteiger partial charge is 0.245 e. The van der Waals surface area contributed by atoms with Crippen LogP contribution in [-0.4, -0.2) is 26.9 Å². The molecule has 1 amide bonds. The van der Waals surface area contributed by atoms with Crippen LogP contribution < -0.4 is 9.62 Å². The highest BCUT2D eigenvalue weighted by molar-refractivity contribution is 7.89. The van der Waals surface area contributed by atoms with E-state index in [0.29, 0.717) is 29.8 Å². The first-order valence-electron chi connectivity index (χ1n) is 8.36. The summed E-state index contributed by atoms with van der Waals surface area (Å²) in [6, 6.07) is 8.78. The molecule has 138 valence electrons. The molecule has 2 aromatic rings. The number of halogens is 1. The zero-order valence-electron chi connectivity index (χ0n) is 14.9. The van der Waals surface area contributed by atoms with Crippen molar-refractivity contribution in [2.24, 2.45) is 0 Å². The molecule has 1 heterocycles. The maximum Gasteiger partial charge on any atom is 0.245 e. The number of aryl methyl sites for hydroxylation is 3. The lowest BCUT2D eigenvalue weighted by Crippen LogP contribution is -2.41. The van der Waals surface area contributed by atoms with Crippen molar-refractivity contribution in [1.82, 2.24) is 4.72 Å². The van der Waals surface area contributed by atoms with Crippen molar-refractivity contribution < 1.29 is 17.6 Å². The van der Waals surface area contributed by atoms with Crippen LogP contribution in [0.2, 0.25) is 0 Å². The lowest BCUT2D eigenvalue weighted by Gasteiger charge is -2.18. The van der Waals surface area contributed by atoms with Gasteiger partial charge in [-0.2, -0.15) is 4.72 Å². The summed E-state index contributed by atoms with van der Waals surface area (Å²) in [7, 11) is -3.81. The van der Waals surface area contributed by atoms with Crippen molar-refractivity contribution in [1.29, 1.82) is 0 Å². The molecule has 26 heavy (non-hydrogen) atoms. The Bertz CT molecular complexity index is 973. The van der Waals surface area contributed by atoms with Crippen LogP contribution in [0.15, 0.2) is 41.3 Å². The van der Waals surface area contributed by atoms with Crippen LogP contribution in [0, 0.1) is 26.6 Å². The fourth-order valence-electron chi connectivity index (χ4n) is 3.09. The SMILES string of the molecule is Cc1ccc(C)c(S(=O)(=O)NC2CCN(c3ccc(F)c(C)c3)C2=O)c1. The molecule has 0 saturated carbocycles. The Balaban J connectivity index is 1.82. The van der Waals surface area contributed by atoms with E-state index in [-0.39, 0.29) is 16.6 Å². The Morgan fingerprint density at radius 1 is 1.08 bits per heavy atom. The molecule has 2 aromatic carbocycles. The van der Waals surface area contributed by atoms with Crippen molar-refractivity contribution in [2.75, 3.05) is 11.4 Å². The molecule has 0 aromatic heterocycles. The topological polar surface area (TPSA) is 66.5 Å². The Morgan fingerprint density at radius 3 is 2.50 bits per heavy atom. The van der Waals surface area contributed by atoms with Crippen molar-refractivity contribution >= 4 is 21.6 Å². The molecule has 1 saturated heterocycles. The maximum absolute atomic E-state index is 13.4. The van der Waals surface area contributed by atoms with Gasteiger partial charge in [0.1, 0.15) is 11.9 Å². The lowest BCUT2D eigenvalue weighted by atomic mass is 10.2. The van der Waals surface area contributed by atoms with Gasteiger partial charge in [-0.05, 0) is 68.1 Å². The summed E-state index contributed by atoms with van der Waals surface area (Å²) in [6.07, 6.45) is 0.360. The highest BCUT2D eigenvalue weighted by atomic mass is 32.2. The number of nitrogens with one attached hydrogen (secondary N) is 1. The minimum atomic E-state index is -3.81. The summed E-state index contributed by atoms with van der Waals surface area (Å²) in [6.45, 7) is 5.54. The van der Waals surface area contributed by atoms with E-state index in [1.165, 1.54) is 17.0 Å². The van der Waals surface area contributed by atoms with Crippen LogP contribution >= 0.6 is 0 Å². The van der Waals surface area contributed by atoms with Gasteiger partial charge in [-0.1, -0.05) is 12.1 Å². The van der Waals surface area contributed by atoms with E-state index in [1.54, 1.807) is 32.0 Å². The minimum Gasteiger partial charge on any atom is -0.311 e. The van der Waals surface area contributed by atoms with Crippen molar-refractivity contribution in [3.05, 3.63) is 58.9 Å². The third-order valence-corrected chi connectivity index (χ3v) is 6.20. The van der Waals surface area contributed by atoms with Gasteiger partial charge in [-0.15, -0.1) is 0 Å². The van der Waals surface area contributed by atoms with E-state index in [4.69, 9.17) is 0 Å². The molecule has 1 aliphatic heterocycles. The Hall–Kier alpha value is -2.25. The summed E-state index contributed by atoms with van der Waals surface area (Å²) in [5.74, 6) is -0.669. The number of amides is 1. The number of hydrogen-bond acceptors (Lipinski definition) is 3. The number of carbonyl (C=O) groups excluding carboxylic acids is 1. The molecule has 0 spiro atoms. The van der Waals surface area contributed by atoms with Gasteiger partial charge >= 0.3 is 0 Å². The number of carbonyl (C=O) groups is 1. The van der Waals surface area contributed by atoms with Crippen molar-refractivity contribution in [3.8, 4) is 0 Å². The van der Waals surface area contributed by atoms with Gasteiger partial charge in [0.05, 0.1) is 4.90 Å². The van der Waals surface area contributed by atoms with Crippen LogP contribution in [0.1, 0.15) is 23.1 Å². The van der Waals surface area contributed by atoms with E-state index >= 15 is 0 Å². The quantitative estimate of drug-likeness (QED) is 0.892. The third-order valence-electron chi connectivity index (χ3n) is 4.59. The normalized spacial score (nSPS) is 17.8. The molecule has 0 bridgehead atoms. The van der Waals surface area contributed by atoms with Crippen LogP contribution in [-0.2, 0) is 14.8 Å². The number of rotatable bonds is 4. The second-order valence-corrected chi connectivity index (χ2v) is 8.34. The van der Waals surface area contributed by atoms with Crippen molar-refractivity contribution in [2.45, 2.75) is 38.1 Å². The second kappa shape index (κ2) is 6.81. The van der Waals surface area contributed by atoms with Crippen LogP contribution in [0.4, 0.5) is 10.1 Å². The molecule has 0 aliphatic carbocycles.